The minimum atomic E-state index is -1.05. The number of para-hydroxylation sites is 1. The fourth-order valence-corrected chi connectivity index (χ4v) is 4.12. The van der Waals surface area contributed by atoms with Gasteiger partial charge >= 0.3 is 6.09 Å². The van der Waals surface area contributed by atoms with Crippen LogP contribution in [0.2, 0.25) is 5.02 Å². The van der Waals surface area contributed by atoms with E-state index in [1.54, 1.807) is 23.9 Å². The van der Waals surface area contributed by atoms with Crippen LogP contribution >= 0.6 is 23.4 Å². The van der Waals surface area contributed by atoms with Crippen molar-refractivity contribution in [3.05, 3.63) is 59.2 Å². The summed E-state index contributed by atoms with van der Waals surface area (Å²) in [5.41, 5.74) is 1.20. The zero-order valence-electron chi connectivity index (χ0n) is 17.8. The van der Waals surface area contributed by atoms with Gasteiger partial charge in [-0.05, 0) is 41.4 Å². The molecular weight excluding hydrogens is 436 g/mol. The normalized spacial score (nSPS) is 12.4. The van der Waals surface area contributed by atoms with E-state index in [-0.39, 0.29) is 11.5 Å². The molecule has 2 heterocycles. The summed E-state index contributed by atoms with van der Waals surface area (Å²) >= 11 is 7.87. The molecule has 0 aliphatic heterocycles. The van der Waals surface area contributed by atoms with Crippen molar-refractivity contribution in [1.82, 2.24) is 20.1 Å². The summed E-state index contributed by atoms with van der Waals surface area (Å²) < 4.78 is 6.99. The molecular formula is C22H25ClN4O3S. The molecule has 164 valence electrons. The highest BCUT2D eigenvalue weighted by atomic mass is 35.5. The van der Waals surface area contributed by atoms with E-state index >= 15 is 0 Å². The summed E-state index contributed by atoms with van der Waals surface area (Å²) in [6, 6.07) is 14.6. The highest BCUT2D eigenvalue weighted by Gasteiger charge is 2.28. The first-order valence-corrected chi connectivity index (χ1v) is 10.9. The molecule has 3 aromatic rings. The maximum atomic E-state index is 11.3. The quantitative estimate of drug-likeness (QED) is 0.497. The van der Waals surface area contributed by atoms with Crippen LogP contribution in [0.1, 0.15) is 26.5 Å². The Labute approximate surface area is 190 Å². The van der Waals surface area contributed by atoms with Gasteiger partial charge < -0.3 is 15.2 Å². The number of amides is 1. The Morgan fingerprint density at radius 3 is 2.65 bits per heavy atom. The molecule has 1 aromatic carbocycles. The Balaban J connectivity index is 2.01. The van der Waals surface area contributed by atoms with Crippen LogP contribution in [-0.4, -0.2) is 39.1 Å². The van der Waals surface area contributed by atoms with Crippen molar-refractivity contribution in [2.24, 2.45) is 5.41 Å². The maximum absolute atomic E-state index is 11.3. The highest BCUT2D eigenvalue weighted by Crippen LogP contribution is 2.33. The fourth-order valence-electron chi connectivity index (χ4n) is 2.98. The molecule has 1 unspecified atom stereocenters. The average Bonchev–Trinajstić information content (AvgIpc) is 3.09. The predicted molar refractivity (Wildman–Crippen MR) is 122 cm³/mol. The Kier molecular flexibility index (Phi) is 7.12. The summed E-state index contributed by atoms with van der Waals surface area (Å²) in [7, 11) is 1.57. The van der Waals surface area contributed by atoms with Crippen LogP contribution in [0.5, 0.6) is 5.88 Å². The van der Waals surface area contributed by atoms with E-state index in [1.807, 2.05) is 57.2 Å². The molecule has 0 bridgehead atoms. The fraction of sp³-hybridized carbons (Fsp3) is 0.318. The molecule has 0 saturated carbocycles. The summed E-state index contributed by atoms with van der Waals surface area (Å²) in [6.07, 6.45) is -0.618. The van der Waals surface area contributed by atoms with E-state index in [1.165, 1.54) is 11.8 Å². The van der Waals surface area contributed by atoms with Crippen molar-refractivity contribution in [2.75, 3.05) is 7.11 Å². The van der Waals surface area contributed by atoms with Crippen molar-refractivity contribution < 1.29 is 14.6 Å². The number of nitrogens with zero attached hydrogens (tertiary/aromatic N) is 3. The smallest absolute Gasteiger partial charge is 0.404 e. The van der Waals surface area contributed by atoms with E-state index in [9.17, 15) is 9.90 Å². The summed E-state index contributed by atoms with van der Waals surface area (Å²) in [6.45, 7) is 5.98. The van der Waals surface area contributed by atoms with Gasteiger partial charge in [0.2, 0.25) is 5.88 Å². The van der Waals surface area contributed by atoms with Gasteiger partial charge in [-0.1, -0.05) is 50.6 Å². The minimum absolute atomic E-state index is 0.284. The largest absolute Gasteiger partial charge is 0.481 e. The monoisotopic (exact) mass is 460 g/mol. The second-order valence-corrected chi connectivity index (χ2v) is 9.48. The summed E-state index contributed by atoms with van der Waals surface area (Å²) in [5.74, 6) is 0.521. The number of carboxylic acid groups (broad SMARTS) is 1. The van der Waals surface area contributed by atoms with Crippen LogP contribution in [-0.2, 0) is 6.42 Å². The molecule has 1 amide bonds. The first-order valence-electron chi connectivity index (χ1n) is 9.69. The van der Waals surface area contributed by atoms with E-state index < -0.39 is 6.09 Å². The predicted octanol–water partition coefficient (Wildman–Crippen LogP) is 5.31. The number of hydrogen-bond donors (Lipinski definition) is 2. The number of carbonyl (C=O) groups is 1. The van der Waals surface area contributed by atoms with Crippen LogP contribution < -0.4 is 10.1 Å². The first kappa shape index (κ1) is 23.0. The van der Waals surface area contributed by atoms with Gasteiger partial charge in [0.25, 0.3) is 0 Å². The zero-order chi connectivity index (χ0) is 22.6. The minimum Gasteiger partial charge on any atom is -0.481 e. The van der Waals surface area contributed by atoms with Crippen LogP contribution in [0.15, 0.2) is 58.6 Å². The van der Waals surface area contributed by atoms with Gasteiger partial charge in [-0.2, -0.15) is 5.10 Å². The molecule has 0 aliphatic carbocycles. The third-order valence-electron chi connectivity index (χ3n) is 4.68. The van der Waals surface area contributed by atoms with Crippen LogP contribution in [0.3, 0.4) is 0 Å². The van der Waals surface area contributed by atoms with Crippen molar-refractivity contribution in [3.8, 4) is 11.6 Å². The Bertz CT molecular complexity index is 1060. The molecule has 7 nitrogen and oxygen atoms in total. The highest BCUT2D eigenvalue weighted by molar-refractivity contribution is 7.99. The molecule has 2 N–H and O–H groups in total. The van der Waals surface area contributed by atoms with Crippen molar-refractivity contribution in [1.29, 1.82) is 0 Å². The Hall–Kier alpha value is -2.71. The number of rotatable bonds is 7. The van der Waals surface area contributed by atoms with Gasteiger partial charge in [0.05, 0.1) is 23.5 Å². The maximum Gasteiger partial charge on any atom is 0.404 e. The SMILES string of the molecule is COc1cccc(Sc2cc(CC(NC(=O)O)C(C)(C)C)nn2-c2ccccc2Cl)n1. The number of nitrogens with one attached hydrogen (secondary N) is 1. The molecule has 0 saturated heterocycles. The summed E-state index contributed by atoms with van der Waals surface area (Å²) in [4.78, 5) is 15.8. The third-order valence-corrected chi connectivity index (χ3v) is 5.94. The summed E-state index contributed by atoms with van der Waals surface area (Å²) in [5, 5.41) is 18.8. The lowest BCUT2D eigenvalue weighted by Crippen LogP contribution is -2.44. The number of ether oxygens (including phenoxy) is 1. The second-order valence-electron chi connectivity index (χ2n) is 8.03. The van der Waals surface area contributed by atoms with Crippen LogP contribution in [0, 0.1) is 5.41 Å². The van der Waals surface area contributed by atoms with Crippen molar-refractivity contribution in [2.45, 2.75) is 43.3 Å². The number of halogens is 1. The number of methoxy groups -OCH3 is 1. The Morgan fingerprint density at radius 2 is 2.00 bits per heavy atom. The number of benzene rings is 1. The van der Waals surface area contributed by atoms with Gasteiger partial charge in [-0.25, -0.2) is 14.5 Å². The molecule has 31 heavy (non-hydrogen) atoms. The standard InChI is InChI=1S/C22H25ClN4O3S/c1-22(2,3)17(24-21(28)29)12-14-13-20(31-19-11-7-10-18(25-19)30-4)27(26-14)16-9-6-5-8-15(16)23/h5-11,13,17,24H,12H2,1-4H3,(H,28,29). The number of aromatic nitrogens is 3. The van der Waals surface area contributed by atoms with Crippen LogP contribution in [0.4, 0.5) is 4.79 Å². The lowest BCUT2D eigenvalue weighted by atomic mass is 9.84. The molecule has 9 heteroatoms. The molecule has 1 atom stereocenters. The van der Waals surface area contributed by atoms with Crippen LogP contribution in [0.25, 0.3) is 5.69 Å². The molecule has 3 rings (SSSR count). The lowest BCUT2D eigenvalue weighted by molar-refractivity contribution is 0.174. The van der Waals surface area contributed by atoms with Gasteiger partial charge in [0.15, 0.2) is 0 Å². The zero-order valence-corrected chi connectivity index (χ0v) is 19.4. The molecule has 0 fully saturated rings. The van der Waals surface area contributed by atoms with Gasteiger partial charge in [-0.15, -0.1) is 0 Å². The number of hydrogen-bond acceptors (Lipinski definition) is 5. The lowest BCUT2D eigenvalue weighted by Gasteiger charge is -2.29. The van der Waals surface area contributed by atoms with E-state index in [4.69, 9.17) is 21.4 Å². The van der Waals surface area contributed by atoms with Crippen molar-refractivity contribution >= 4 is 29.5 Å². The van der Waals surface area contributed by atoms with Crippen molar-refractivity contribution in [3.63, 3.8) is 0 Å². The molecule has 0 radical (unpaired) electrons. The molecule has 0 aliphatic rings. The first-order chi connectivity index (χ1) is 14.7. The third kappa shape index (κ3) is 5.92. The second kappa shape index (κ2) is 9.62. The van der Waals surface area contributed by atoms with Gasteiger partial charge in [0.1, 0.15) is 10.1 Å². The molecule has 0 spiro atoms. The topological polar surface area (TPSA) is 89.3 Å². The van der Waals surface area contributed by atoms with Gasteiger partial charge in [0, 0.05) is 18.5 Å². The Morgan fingerprint density at radius 1 is 1.26 bits per heavy atom. The molecule has 2 aromatic heterocycles. The van der Waals surface area contributed by atoms with E-state index in [2.05, 4.69) is 10.3 Å². The number of pyridine rings is 1. The van der Waals surface area contributed by atoms with Gasteiger partial charge in [-0.3, -0.25) is 0 Å². The van der Waals surface area contributed by atoms with E-state index in [0.29, 0.717) is 17.3 Å². The van der Waals surface area contributed by atoms with E-state index in [0.717, 1.165) is 21.4 Å². The average molecular weight is 461 g/mol.